The van der Waals surface area contributed by atoms with Crippen LogP contribution < -0.4 is 15.2 Å². The third-order valence-corrected chi connectivity index (χ3v) is 5.70. The number of rotatable bonds is 5. The van der Waals surface area contributed by atoms with Gasteiger partial charge in [0, 0.05) is 11.7 Å². The highest BCUT2D eigenvalue weighted by Gasteiger charge is 2.27. The number of nitrogens with one attached hydrogen (secondary N) is 1. The number of ether oxygens (including phenoxy) is 1. The molecular formula is C15H24N2O3S. The zero-order valence-corrected chi connectivity index (χ0v) is 13.4. The van der Waals surface area contributed by atoms with Gasteiger partial charge in [-0.3, -0.25) is 0 Å². The molecule has 118 valence electrons. The van der Waals surface area contributed by atoms with E-state index >= 15 is 0 Å². The Labute approximate surface area is 126 Å². The molecule has 1 aliphatic rings. The van der Waals surface area contributed by atoms with E-state index in [-0.39, 0.29) is 10.9 Å². The summed E-state index contributed by atoms with van der Waals surface area (Å²) < 4.78 is 33.1. The van der Waals surface area contributed by atoms with Crippen LogP contribution in [-0.4, -0.2) is 21.6 Å². The summed E-state index contributed by atoms with van der Waals surface area (Å²) in [6, 6.07) is 4.66. The third-order valence-electron chi connectivity index (χ3n) is 4.16. The predicted molar refractivity (Wildman–Crippen MR) is 83.8 cm³/mol. The number of hydrogen-bond acceptors (Lipinski definition) is 4. The normalized spacial score (nSPS) is 23.0. The molecule has 0 radical (unpaired) electrons. The molecule has 0 amide bonds. The van der Waals surface area contributed by atoms with Gasteiger partial charge in [-0.1, -0.05) is 26.2 Å². The van der Waals surface area contributed by atoms with Crippen LogP contribution in [-0.2, 0) is 10.0 Å². The lowest BCUT2D eigenvalue weighted by Gasteiger charge is -2.29. The quantitative estimate of drug-likeness (QED) is 0.819. The molecule has 0 saturated heterocycles. The molecule has 2 rings (SSSR count). The van der Waals surface area contributed by atoms with Gasteiger partial charge in [-0.15, -0.1) is 0 Å². The first-order valence-corrected chi connectivity index (χ1v) is 8.90. The smallest absolute Gasteiger partial charge is 0.244 e. The average molecular weight is 312 g/mol. The van der Waals surface area contributed by atoms with Gasteiger partial charge in [0.15, 0.2) is 0 Å². The van der Waals surface area contributed by atoms with E-state index in [1.165, 1.54) is 19.6 Å². The topological polar surface area (TPSA) is 81.4 Å². The molecule has 0 aliphatic heterocycles. The molecule has 0 bridgehead atoms. The Morgan fingerprint density at radius 3 is 2.81 bits per heavy atom. The van der Waals surface area contributed by atoms with Crippen molar-refractivity contribution in [2.24, 2.45) is 5.92 Å². The zero-order chi connectivity index (χ0) is 15.5. The highest BCUT2D eigenvalue weighted by atomic mass is 32.2. The molecule has 6 heteroatoms. The number of nitrogens with two attached hydrogens (primary N) is 1. The fourth-order valence-electron chi connectivity index (χ4n) is 2.96. The van der Waals surface area contributed by atoms with Gasteiger partial charge in [-0.2, -0.15) is 0 Å². The molecule has 1 aliphatic carbocycles. The van der Waals surface area contributed by atoms with E-state index < -0.39 is 10.0 Å². The van der Waals surface area contributed by atoms with E-state index in [2.05, 4.69) is 11.6 Å². The first-order chi connectivity index (χ1) is 9.96. The van der Waals surface area contributed by atoms with Gasteiger partial charge >= 0.3 is 0 Å². The molecule has 1 fully saturated rings. The minimum atomic E-state index is -3.61. The van der Waals surface area contributed by atoms with Crippen molar-refractivity contribution in [1.29, 1.82) is 0 Å². The van der Waals surface area contributed by atoms with Crippen LogP contribution in [0.25, 0.3) is 0 Å². The van der Waals surface area contributed by atoms with Crippen molar-refractivity contribution in [1.82, 2.24) is 4.72 Å². The number of anilines is 1. The Bertz CT molecular complexity index is 587. The van der Waals surface area contributed by atoms with Crippen LogP contribution in [0.5, 0.6) is 5.75 Å². The van der Waals surface area contributed by atoms with Gasteiger partial charge in [0.25, 0.3) is 0 Å². The van der Waals surface area contributed by atoms with Crippen LogP contribution in [0.15, 0.2) is 23.1 Å². The molecule has 21 heavy (non-hydrogen) atoms. The average Bonchev–Trinajstić information content (AvgIpc) is 2.47. The van der Waals surface area contributed by atoms with Crippen molar-refractivity contribution >= 4 is 15.7 Å². The SMILES string of the molecule is CCC1CCCC(NS(=O)(=O)c2cc(N)ccc2OC)C1. The number of hydrogen-bond donors (Lipinski definition) is 2. The summed E-state index contributed by atoms with van der Waals surface area (Å²) in [4.78, 5) is 0.114. The number of sulfonamides is 1. The van der Waals surface area contributed by atoms with Crippen LogP contribution in [0.2, 0.25) is 0 Å². The Morgan fingerprint density at radius 2 is 2.14 bits per heavy atom. The molecule has 1 aromatic carbocycles. The maximum Gasteiger partial charge on any atom is 0.244 e. The monoisotopic (exact) mass is 312 g/mol. The molecular weight excluding hydrogens is 288 g/mol. The van der Waals surface area contributed by atoms with E-state index in [4.69, 9.17) is 10.5 Å². The van der Waals surface area contributed by atoms with Crippen LogP contribution >= 0.6 is 0 Å². The molecule has 2 unspecified atom stereocenters. The second-order valence-electron chi connectivity index (χ2n) is 5.67. The molecule has 1 aromatic rings. The van der Waals surface area contributed by atoms with E-state index in [0.717, 1.165) is 25.7 Å². The Morgan fingerprint density at radius 1 is 1.38 bits per heavy atom. The Balaban J connectivity index is 2.20. The summed E-state index contributed by atoms with van der Waals surface area (Å²) >= 11 is 0. The highest BCUT2D eigenvalue weighted by Crippen LogP contribution is 2.30. The zero-order valence-electron chi connectivity index (χ0n) is 12.6. The van der Waals surface area contributed by atoms with E-state index in [0.29, 0.717) is 17.4 Å². The summed E-state index contributed by atoms with van der Waals surface area (Å²) in [7, 11) is -2.16. The van der Waals surface area contributed by atoms with Gasteiger partial charge in [-0.05, 0) is 37.0 Å². The standard InChI is InChI=1S/C15H24N2O3S/c1-3-11-5-4-6-13(9-11)17-21(18,19)15-10-12(16)7-8-14(15)20-2/h7-8,10-11,13,17H,3-6,9,16H2,1-2H3. The first kappa shape index (κ1) is 16.1. The van der Waals surface area contributed by atoms with E-state index in [9.17, 15) is 8.42 Å². The van der Waals surface area contributed by atoms with Crippen molar-refractivity contribution in [2.75, 3.05) is 12.8 Å². The van der Waals surface area contributed by atoms with Crippen molar-refractivity contribution in [3.63, 3.8) is 0 Å². The third kappa shape index (κ3) is 3.89. The molecule has 0 aromatic heterocycles. The van der Waals surface area contributed by atoms with Gasteiger partial charge in [0.1, 0.15) is 10.6 Å². The Hall–Kier alpha value is -1.27. The minimum Gasteiger partial charge on any atom is -0.495 e. The van der Waals surface area contributed by atoms with Crippen LogP contribution in [0.4, 0.5) is 5.69 Å². The molecule has 1 saturated carbocycles. The molecule has 0 spiro atoms. The van der Waals surface area contributed by atoms with E-state index in [1.54, 1.807) is 12.1 Å². The summed E-state index contributed by atoms with van der Waals surface area (Å²) in [5.41, 5.74) is 6.12. The van der Waals surface area contributed by atoms with Gasteiger partial charge in [0.2, 0.25) is 10.0 Å². The molecule has 5 nitrogen and oxygen atoms in total. The summed E-state index contributed by atoms with van der Waals surface area (Å²) in [6.07, 6.45) is 5.15. The second-order valence-corrected chi connectivity index (χ2v) is 7.35. The lowest BCUT2D eigenvalue weighted by atomic mass is 9.85. The molecule has 2 atom stereocenters. The highest BCUT2D eigenvalue weighted by molar-refractivity contribution is 7.89. The number of nitrogen functional groups attached to an aromatic ring is 1. The summed E-state index contributed by atoms with van der Waals surface area (Å²) in [5.74, 6) is 0.925. The van der Waals surface area contributed by atoms with Crippen LogP contribution in [0.3, 0.4) is 0 Å². The van der Waals surface area contributed by atoms with Gasteiger partial charge in [0.05, 0.1) is 7.11 Å². The summed E-state index contributed by atoms with van der Waals surface area (Å²) in [6.45, 7) is 2.16. The lowest BCUT2D eigenvalue weighted by Crippen LogP contribution is -2.38. The van der Waals surface area contributed by atoms with Crippen molar-refractivity contribution in [3.8, 4) is 5.75 Å². The molecule has 3 N–H and O–H groups in total. The lowest BCUT2D eigenvalue weighted by molar-refractivity contribution is 0.301. The van der Waals surface area contributed by atoms with E-state index in [1.807, 2.05) is 0 Å². The first-order valence-electron chi connectivity index (χ1n) is 7.42. The van der Waals surface area contributed by atoms with Crippen molar-refractivity contribution in [2.45, 2.75) is 50.0 Å². The van der Waals surface area contributed by atoms with Crippen molar-refractivity contribution < 1.29 is 13.2 Å². The largest absolute Gasteiger partial charge is 0.495 e. The van der Waals surface area contributed by atoms with Crippen LogP contribution in [0, 0.1) is 5.92 Å². The number of benzene rings is 1. The van der Waals surface area contributed by atoms with Crippen LogP contribution in [0.1, 0.15) is 39.0 Å². The van der Waals surface area contributed by atoms with Crippen molar-refractivity contribution in [3.05, 3.63) is 18.2 Å². The molecule has 0 heterocycles. The van der Waals surface area contributed by atoms with Gasteiger partial charge < -0.3 is 10.5 Å². The fraction of sp³-hybridized carbons (Fsp3) is 0.600. The minimum absolute atomic E-state index is 0.000151. The fourth-order valence-corrected chi connectivity index (χ4v) is 4.44. The maximum atomic E-state index is 12.6. The Kier molecular flexibility index (Phi) is 5.11. The van der Waals surface area contributed by atoms with Gasteiger partial charge in [-0.25, -0.2) is 13.1 Å². The predicted octanol–water partition coefficient (Wildman–Crippen LogP) is 2.52. The second kappa shape index (κ2) is 6.66. The maximum absolute atomic E-state index is 12.6. The summed E-state index contributed by atoms with van der Waals surface area (Å²) in [5, 5.41) is 0. The number of methoxy groups -OCH3 is 1.